The van der Waals surface area contributed by atoms with Gasteiger partial charge in [-0.3, -0.25) is 4.98 Å². The van der Waals surface area contributed by atoms with Crippen LogP contribution in [0, 0.1) is 13.8 Å². The zero-order valence-electron chi connectivity index (χ0n) is 17.7. The van der Waals surface area contributed by atoms with Crippen LogP contribution in [0.4, 0.5) is 11.6 Å². The molecule has 2 aromatic heterocycles. The molecular formula is C22H25N5O3S. The largest absolute Gasteiger partial charge is 0.497 e. The molecule has 0 radical (unpaired) electrons. The standard InChI is InChI=1S/C22H25N5O3S/c1-15-13-16(2)25-22(24-15)26-17-6-11-20(23-14-17)21-5-4-12-27(21)31(28,29)19-9-7-18(30-3)8-10-19/h6-11,13-14,21H,4-5,12H2,1-3H3,(H,24,25,26)/t21-/m0/s1. The van der Waals surface area contributed by atoms with Crippen LogP contribution in [0.5, 0.6) is 5.75 Å². The molecule has 0 bridgehead atoms. The molecule has 1 atom stereocenters. The van der Waals surface area contributed by atoms with Crippen molar-refractivity contribution >= 4 is 21.7 Å². The Morgan fingerprint density at radius 3 is 2.39 bits per heavy atom. The lowest BCUT2D eigenvalue weighted by molar-refractivity contribution is 0.390. The summed E-state index contributed by atoms with van der Waals surface area (Å²) in [6.07, 6.45) is 3.21. The van der Waals surface area contributed by atoms with Gasteiger partial charge in [0.2, 0.25) is 16.0 Å². The van der Waals surface area contributed by atoms with Crippen molar-refractivity contribution in [3.8, 4) is 5.75 Å². The molecule has 4 rings (SSSR count). The van der Waals surface area contributed by atoms with Crippen LogP contribution in [0.25, 0.3) is 0 Å². The number of nitrogens with one attached hydrogen (secondary N) is 1. The number of benzene rings is 1. The number of hydrogen-bond acceptors (Lipinski definition) is 7. The highest BCUT2D eigenvalue weighted by atomic mass is 32.2. The van der Waals surface area contributed by atoms with E-state index in [1.54, 1.807) is 37.6 Å². The van der Waals surface area contributed by atoms with Crippen molar-refractivity contribution < 1.29 is 13.2 Å². The molecule has 0 unspecified atom stereocenters. The van der Waals surface area contributed by atoms with Crippen LogP contribution < -0.4 is 10.1 Å². The first-order valence-electron chi connectivity index (χ1n) is 10.1. The van der Waals surface area contributed by atoms with Crippen molar-refractivity contribution in [3.05, 3.63) is 65.7 Å². The highest BCUT2D eigenvalue weighted by Crippen LogP contribution is 2.36. The zero-order chi connectivity index (χ0) is 22.0. The molecule has 8 nitrogen and oxygen atoms in total. The molecule has 3 aromatic rings. The van der Waals surface area contributed by atoms with Crippen LogP contribution in [0.1, 0.15) is 36.0 Å². The van der Waals surface area contributed by atoms with Crippen molar-refractivity contribution in [2.24, 2.45) is 0 Å². The molecule has 0 saturated carbocycles. The molecule has 1 saturated heterocycles. The lowest BCUT2D eigenvalue weighted by atomic mass is 10.1. The van der Waals surface area contributed by atoms with E-state index in [0.29, 0.717) is 18.2 Å². The quantitative estimate of drug-likeness (QED) is 0.624. The Morgan fingerprint density at radius 2 is 1.77 bits per heavy atom. The van der Waals surface area contributed by atoms with Gasteiger partial charge in [0.1, 0.15) is 5.75 Å². The van der Waals surface area contributed by atoms with Gasteiger partial charge in [0.25, 0.3) is 0 Å². The third-order valence-corrected chi connectivity index (χ3v) is 7.16. The number of ether oxygens (including phenoxy) is 1. The zero-order valence-corrected chi connectivity index (χ0v) is 18.6. The maximum absolute atomic E-state index is 13.2. The molecule has 1 aliphatic rings. The molecule has 9 heteroatoms. The van der Waals surface area contributed by atoms with E-state index in [4.69, 9.17) is 4.74 Å². The molecule has 0 aliphatic carbocycles. The fourth-order valence-electron chi connectivity index (χ4n) is 3.79. The maximum Gasteiger partial charge on any atom is 0.243 e. The second kappa shape index (κ2) is 8.60. The minimum Gasteiger partial charge on any atom is -0.497 e. The van der Waals surface area contributed by atoms with Gasteiger partial charge < -0.3 is 10.1 Å². The molecular weight excluding hydrogens is 414 g/mol. The summed E-state index contributed by atoms with van der Waals surface area (Å²) in [6.45, 7) is 4.30. The Labute approximate surface area is 182 Å². The normalized spacial score (nSPS) is 16.9. The summed E-state index contributed by atoms with van der Waals surface area (Å²) < 4.78 is 33.1. The molecule has 0 amide bonds. The Morgan fingerprint density at radius 1 is 1.06 bits per heavy atom. The SMILES string of the molecule is COc1ccc(S(=O)(=O)N2CCC[C@H]2c2ccc(Nc3nc(C)cc(C)n3)cn2)cc1. The Hall–Kier alpha value is -3.04. The third-order valence-electron chi connectivity index (χ3n) is 5.24. The number of nitrogens with zero attached hydrogens (tertiary/aromatic N) is 4. The van der Waals surface area contributed by atoms with Gasteiger partial charge in [-0.1, -0.05) is 0 Å². The topological polar surface area (TPSA) is 97.3 Å². The second-order valence-electron chi connectivity index (χ2n) is 7.52. The summed E-state index contributed by atoms with van der Waals surface area (Å²) in [5, 5.41) is 3.15. The maximum atomic E-state index is 13.2. The number of anilines is 2. The first kappa shape index (κ1) is 21.2. The van der Waals surface area contributed by atoms with Crippen molar-refractivity contribution in [1.29, 1.82) is 0 Å². The summed E-state index contributed by atoms with van der Waals surface area (Å²) >= 11 is 0. The van der Waals surface area contributed by atoms with Crippen LogP contribution >= 0.6 is 0 Å². The summed E-state index contributed by atoms with van der Waals surface area (Å²) in [6, 6.07) is 11.8. The lowest BCUT2D eigenvalue weighted by Gasteiger charge is -2.24. The number of hydrogen-bond donors (Lipinski definition) is 1. The third kappa shape index (κ3) is 4.52. The van der Waals surface area contributed by atoms with Crippen molar-refractivity contribution in [2.75, 3.05) is 19.0 Å². The van der Waals surface area contributed by atoms with Gasteiger partial charge in [-0.2, -0.15) is 4.31 Å². The Kier molecular flexibility index (Phi) is 5.88. The van der Waals surface area contributed by atoms with Crippen LogP contribution in [0.2, 0.25) is 0 Å². The van der Waals surface area contributed by atoms with E-state index >= 15 is 0 Å². The summed E-state index contributed by atoms with van der Waals surface area (Å²) in [7, 11) is -2.08. The predicted molar refractivity (Wildman–Crippen MR) is 118 cm³/mol. The molecule has 1 fully saturated rings. The second-order valence-corrected chi connectivity index (χ2v) is 9.41. The smallest absolute Gasteiger partial charge is 0.243 e. The van der Waals surface area contributed by atoms with E-state index in [1.165, 1.54) is 4.31 Å². The van der Waals surface area contributed by atoms with Gasteiger partial charge in [0.05, 0.1) is 35.6 Å². The van der Waals surface area contributed by atoms with Crippen LogP contribution in [-0.4, -0.2) is 41.3 Å². The average molecular weight is 440 g/mol. The Bertz CT molecular complexity index is 1140. The van der Waals surface area contributed by atoms with Gasteiger partial charge in [-0.15, -0.1) is 0 Å². The summed E-state index contributed by atoms with van der Waals surface area (Å²) in [5.74, 6) is 1.13. The number of aryl methyl sites for hydroxylation is 2. The molecule has 1 aliphatic heterocycles. The van der Waals surface area contributed by atoms with E-state index in [2.05, 4.69) is 20.3 Å². The van der Waals surface area contributed by atoms with E-state index in [-0.39, 0.29) is 10.9 Å². The van der Waals surface area contributed by atoms with E-state index in [1.807, 2.05) is 32.0 Å². The number of aromatic nitrogens is 3. The predicted octanol–water partition coefficient (Wildman–Crippen LogP) is 3.77. The fourth-order valence-corrected chi connectivity index (χ4v) is 5.46. The van der Waals surface area contributed by atoms with E-state index < -0.39 is 10.0 Å². The summed E-state index contributed by atoms with van der Waals surface area (Å²) in [4.78, 5) is 13.5. The van der Waals surface area contributed by atoms with Crippen LogP contribution in [0.3, 0.4) is 0 Å². The Balaban J connectivity index is 1.54. The summed E-state index contributed by atoms with van der Waals surface area (Å²) in [5.41, 5.74) is 3.23. The van der Waals surface area contributed by atoms with Crippen LogP contribution in [-0.2, 0) is 10.0 Å². The minimum absolute atomic E-state index is 0.255. The van der Waals surface area contributed by atoms with Gasteiger partial charge >= 0.3 is 0 Å². The van der Waals surface area contributed by atoms with Gasteiger partial charge in [-0.25, -0.2) is 18.4 Å². The molecule has 1 aromatic carbocycles. The van der Waals surface area contributed by atoms with E-state index in [9.17, 15) is 8.42 Å². The first-order valence-corrected chi connectivity index (χ1v) is 11.5. The fraction of sp³-hybridized carbons (Fsp3) is 0.318. The molecule has 162 valence electrons. The van der Waals surface area contributed by atoms with Crippen molar-refractivity contribution in [1.82, 2.24) is 19.3 Å². The number of methoxy groups -OCH3 is 1. The van der Waals surface area contributed by atoms with Gasteiger partial charge in [0.15, 0.2) is 0 Å². The molecule has 3 heterocycles. The van der Waals surface area contributed by atoms with E-state index in [0.717, 1.165) is 35.6 Å². The lowest BCUT2D eigenvalue weighted by Crippen LogP contribution is -2.31. The molecule has 1 N–H and O–H groups in total. The molecule has 0 spiro atoms. The van der Waals surface area contributed by atoms with Crippen molar-refractivity contribution in [2.45, 2.75) is 37.6 Å². The number of sulfonamides is 1. The highest BCUT2D eigenvalue weighted by molar-refractivity contribution is 7.89. The van der Waals surface area contributed by atoms with Gasteiger partial charge in [-0.05, 0) is 69.2 Å². The highest BCUT2D eigenvalue weighted by Gasteiger charge is 2.36. The van der Waals surface area contributed by atoms with Crippen molar-refractivity contribution in [3.63, 3.8) is 0 Å². The minimum atomic E-state index is -3.63. The molecule has 31 heavy (non-hydrogen) atoms. The first-order chi connectivity index (χ1) is 14.9. The average Bonchev–Trinajstić information content (AvgIpc) is 3.24. The number of rotatable bonds is 6. The van der Waals surface area contributed by atoms with Gasteiger partial charge in [0, 0.05) is 17.9 Å². The van der Waals surface area contributed by atoms with Crippen LogP contribution in [0.15, 0.2) is 53.6 Å². The monoisotopic (exact) mass is 439 g/mol. The number of pyridine rings is 1.